The van der Waals surface area contributed by atoms with E-state index in [1.54, 1.807) is 11.0 Å². The van der Waals surface area contributed by atoms with Crippen molar-refractivity contribution in [2.75, 3.05) is 19.6 Å². The molecule has 1 aromatic heterocycles. The van der Waals surface area contributed by atoms with E-state index in [1.165, 1.54) is 38.0 Å². The van der Waals surface area contributed by atoms with Crippen molar-refractivity contribution in [3.05, 3.63) is 36.2 Å². The van der Waals surface area contributed by atoms with E-state index in [1.807, 2.05) is 6.07 Å². The Labute approximate surface area is 130 Å². The number of tetrazole rings is 1. The number of piperidine rings is 3. The molecule has 0 amide bonds. The lowest BCUT2D eigenvalue weighted by molar-refractivity contribution is 0.0680. The Hall–Kier alpha value is -1.79. The zero-order chi connectivity index (χ0) is 14.9. The Morgan fingerprint density at radius 3 is 2.82 bits per heavy atom. The fourth-order valence-electron chi connectivity index (χ4n) is 3.79. The van der Waals surface area contributed by atoms with E-state index in [0.29, 0.717) is 12.1 Å². The molecular weight excluding hydrogens is 276 g/mol. The molecule has 2 unspecified atom stereocenters. The fourth-order valence-corrected chi connectivity index (χ4v) is 3.79. The van der Waals surface area contributed by atoms with Crippen LogP contribution >= 0.6 is 0 Å². The number of rotatable bonds is 4. The predicted molar refractivity (Wildman–Crippen MR) is 83.7 cm³/mol. The highest BCUT2D eigenvalue weighted by molar-refractivity contribution is 5.35. The minimum atomic E-state index is 0.335. The summed E-state index contributed by atoms with van der Waals surface area (Å²) >= 11 is 0. The van der Waals surface area contributed by atoms with Gasteiger partial charge in [0.1, 0.15) is 6.33 Å². The van der Waals surface area contributed by atoms with Crippen molar-refractivity contribution in [3.63, 3.8) is 0 Å². The lowest BCUT2D eigenvalue weighted by atomic mass is 9.83. The maximum absolute atomic E-state index is 3.96. The quantitative estimate of drug-likeness (QED) is 0.925. The summed E-state index contributed by atoms with van der Waals surface area (Å²) in [4.78, 5) is 2.59. The summed E-state index contributed by atoms with van der Waals surface area (Å²) in [5.41, 5.74) is 2.29. The molecule has 6 nitrogen and oxygen atoms in total. The molecule has 4 heterocycles. The third-order valence-electron chi connectivity index (χ3n) is 5.10. The molecule has 3 aliphatic rings. The molecule has 1 N–H and O–H groups in total. The number of nitrogens with zero attached hydrogens (tertiary/aromatic N) is 5. The van der Waals surface area contributed by atoms with Crippen LogP contribution in [-0.2, 0) is 0 Å². The van der Waals surface area contributed by atoms with Crippen LogP contribution < -0.4 is 5.32 Å². The summed E-state index contributed by atoms with van der Waals surface area (Å²) in [5.74, 6) is 0.843. The zero-order valence-corrected chi connectivity index (χ0v) is 12.9. The van der Waals surface area contributed by atoms with Gasteiger partial charge in [-0.3, -0.25) is 0 Å². The first-order valence-corrected chi connectivity index (χ1v) is 8.11. The molecule has 0 spiro atoms. The molecule has 0 radical (unpaired) electrons. The lowest BCUT2D eigenvalue weighted by Gasteiger charge is -2.46. The monoisotopic (exact) mass is 298 g/mol. The standard InChI is InChI=1S/C16H22N6/c1-12(18-16-10-21-7-5-13(16)6-8-21)14-3-2-4-15(9-14)22-11-17-19-20-22/h2-4,9,11-13,16,18H,5-8,10H2,1H3. The summed E-state index contributed by atoms with van der Waals surface area (Å²) in [6.45, 7) is 6.01. The Kier molecular flexibility index (Phi) is 3.63. The van der Waals surface area contributed by atoms with Gasteiger partial charge in [0.2, 0.25) is 0 Å². The van der Waals surface area contributed by atoms with Crippen molar-refractivity contribution >= 4 is 0 Å². The Morgan fingerprint density at radius 2 is 2.14 bits per heavy atom. The Morgan fingerprint density at radius 1 is 1.27 bits per heavy atom. The van der Waals surface area contributed by atoms with Crippen LogP contribution in [0.5, 0.6) is 0 Å². The van der Waals surface area contributed by atoms with Gasteiger partial charge < -0.3 is 10.2 Å². The number of nitrogens with one attached hydrogen (secondary N) is 1. The first kappa shape index (κ1) is 13.8. The molecule has 3 aliphatic heterocycles. The van der Waals surface area contributed by atoms with Crippen LogP contribution in [0.1, 0.15) is 31.4 Å². The molecule has 6 heteroatoms. The molecule has 3 saturated heterocycles. The molecular formula is C16H22N6. The van der Waals surface area contributed by atoms with Crippen molar-refractivity contribution in [1.82, 2.24) is 30.4 Å². The van der Waals surface area contributed by atoms with E-state index in [0.717, 1.165) is 11.6 Å². The SMILES string of the molecule is CC(NC1CN2CCC1CC2)c1cccc(-n2cnnn2)c1. The van der Waals surface area contributed by atoms with Crippen LogP contribution in [0.4, 0.5) is 0 Å². The number of hydrogen-bond acceptors (Lipinski definition) is 5. The van der Waals surface area contributed by atoms with Gasteiger partial charge in [0.25, 0.3) is 0 Å². The highest BCUT2D eigenvalue weighted by atomic mass is 15.5. The number of fused-ring (bicyclic) bond motifs is 3. The molecule has 0 saturated carbocycles. The molecule has 2 atom stereocenters. The first-order valence-electron chi connectivity index (χ1n) is 8.11. The number of benzene rings is 1. The average Bonchev–Trinajstić information content (AvgIpc) is 3.11. The van der Waals surface area contributed by atoms with E-state index in [2.05, 4.69) is 50.9 Å². The third kappa shape index (κ3) is 2.64. The van der Waals surface area contributed by atoms with Crippen molar-refractivity contribution in [2.24, 2.45) is 5.92 Å². The van der Waals surface area contributed by atoms with Crippen molar-refractivity contribution in [1.29, 1.82) is 0 Å². The van der Waals surface area contributed by atoms with Crippen LogP contribution in [0, 0.1) is 5.92 Å². The van der Waals surface area contributed by atoms with Crippen molar-refractivity contribution in [2.45, 2.75) is 31.8 Å². The minimum absolute atomic E-state index is 0.335. The van der Waals surface area contributed by atoms with Crippen molar-refractivity contribution < 1.29 is 0 Å². The maximum atomic E-state index is 3.96. The average molecular weight is 298 g/mol. The topological polar surface area (TPSA) is 58.9 Å². The van der Waals surface area contributed by atoms with E-state index in [-0.39, 0.29) is 0 Å². The van der Waals surface area contributed by atoms with E-state index >= 15 is 0 Å². The Bertz CT molecular complexity index is 617. The van der Waals surface area contributed by atoms with Crippen molar-refractivity contribution in [3.8, 4) is 5.69 Å². The summed E-state index contributed by atoms with van der Waals surface area (Å²) in [6, 6.07) is 9.39. The third-order valence-corrected chi connectivity index (χ3v) is 5.10. The lowest BCUT2D eigenvalue weighted by Crippen LogP contribution is -2.56. The molecule has 5 rings (SSSR count). The smallest absolute Gasteiger partial charge is 0.143 e. The molecule has 2 bridgehead atoms. The fraction of sp³-hybridized carbons (Fsp3) is 0.562. The number of aromatic nitrogens is 4. The van der Waals surface area contributed by atoms with Crippen LogP contribution in [0.2, 0.25) is 0 Å². The van der Waals surface area contributed by atoms with Gasteiger partial charge in [0, 0.05) is 18.6 Å². The molecule has 3 fully saturated rings. The van der Waals surface area contributed by atoms with Gasteiger partial charge in [0.15, 0.2) is 0 Å². The van der Waals surface area contributed by atoms with Gasteiger partial charge >= 0.3 is 0 Å². The van der Waals surface area contributed by atoms with Crippen LogP contribution in [0.3, 0.4) is 0 Å². The van der Waals surface area contributed by atoms with Gasteiger partial charge in [-0.25, -0.2) is 4.68 Å². The van der Waals surface area contributed by atoms with Crippen LogP contribution in [0.15, 0.2) is 30.6 Å². The summed E-state index contributed by atoms with van der Waals surface area (Å²) in [5, 5.41) is 15.2. The van der Waals surface area contributed by atoms with E-state index in [4.69, 9.17) is 0 Å². The zero-order valence-electron chi connectivity index (χ0n) is 12.9. The second-order valence-corrected chi connectivity index (χ2v) is 6.48. The van der Waals surface area contributed by atoms with Gasteiger partial charge in [-0.1, -0.05) is 12.1 Å². The van der Waals surface area contributed by atoms with Gasteiger partial charge in [-0.2, -0.15) is 0 Å². The molecule has 1 aromatic carbocycles. The van der Waals surface area contributed by atoms with Gasteiger partial charge in [-0.15, -0.1) is 5.10 Å². The minimum Gasteiger partial charge on any atom is -0.306 e. The summed E-state index contributed by atoms with van der Waals surface area (Å²) in [7, 11) is 0. The molecule has 2 aromatic rings. The highest BCUT2D eigenvalue weighted by Crippen LogP contribution is 2.29. The highest BCUT2D eigenvalue weighted by Gasteiger charge is 2.34. The second kappa shape index (κ2) is 5.78. The second-order valence-electron chi connectivity index (χ2n) is 6.48. The summed E-state index contributed by atoms with van der Waals surface area (Å²) in [6.07, 6.45) is 4.31. The predicted octanol–water partition coefficient (Wildman–Crippen LogP) is 1.41. The molecule has 0 aliphatic carbocycles. The van der Waals surface area contributed by atoms with Gasteiger partial charge in [0.05, 0.1) is 5.69 Å². The normalized spacial score (nSPS) is 28.7. The Balaban J connectivity index is 1.48. The van der Waals surface area contributed by atoms with E-state index < -0.39 is 0 Å². The van der Waals surface area contributed by atoms with E-state index in [9.17, 15) is 0 Å². The number of hydrogen-bond donors (Lipinski definition) is 1. The van der Waals surface area contributed by atoms with Gasteiger partial charge in [-0.05, 0) is 66.9 Å². The largest absolute Gasteiger partial charge is 0.306 e. The maximum Gasteiger partial charge on any atom is 0.143 e. The van der Waals surface area contributed by atoms with Crippen LogP contribution in [0.25, 0.3) is 5.69 Å². The molecule has 22 heavy (non-hydrogen) atoms. The first-order chi connectivity index (χ1) is 10.8. The summed E-state index contributed by atoms with van der Waals surface area (Å²) < 4.78 is 1.70. The molecule has 116 valence electrons. The van der Waals surface area contributed by atoms with Crippen LogP contribution in [-0.4, -0.2) is 50.8 Å².